The van der Waals surface area contributed by atoms with Crippen LogP contribution in [0.1, 0.15) is 39.5 Å². The van der Waals surface area contributed by atoms with Crippen LogP contribution in [0.5, 0.6) is 0 Å². The fourth-order valence-electron chi connectivity index (χ4n) is 3.09. The Balaban J connectivity index is 2.00. The number of hydrogen-bond acceptors (Lipinski definition) is 4. The highest BCUT2D eigenvalue weighted by Crippen LogP contribution is 2.25. The summed E-state index contributed by atoms with van der Waals surface area (Å²) in [6.45, 7) is 10.9. The van der Waals surface area contributed by atoms with E-state index in [1.165, 1.54) is 12.2 Å². The Morgan fingerprint density at radius 3 is 2.79 bits per heavy atom. The molecule has 1 amide bonds. The van der Waals surface area contributed by atoms with Crippen LogP contribution in [0.25, 0.3) is 0 Å². The zero-order valence-electron chi connectivity index (χ0n) is 17.1. The summed E-state index contributed by atoms with van der Waals surface area (Å²) < 4.78 is 0. The Morgan fingerprint density at radius 2 is 2.14 bits per heavy atom. The lowest BCUT2D eigenvalue weighted by Crippen LogP contribution is -2.45. The lowest BCUT2D eigenvalue weighted by Gasteiger charge is -2.30. The van der Waals surface area contributed by atoms with Crippen molar-refractivity contribution in [3.8, 4) is 0 Å². The second kappa shape index (κ2) is 9.82. The summed E-state index contributed by atoms with van der Waals surface area (Å²) in [4.78, 5) is 28.9. The van der Waals surface area contributed by atoms with Crippen LogP contribution in [-0.4, -0.2) is 28.0 Å². The third kappa shape index (κ3) is 6.14. The van der Waals surface area contributed by atoms with Crippen LogP contribution < -0.4 is 5.32 Å². The summed E-state index contributed by atoms with van der Waals surface area (Å²) in [7, 11) is 0. The second-order valence-corrected chi connectivity index (χ2v) is 7.40. The summed E-state index contributed by atoms with van der Waals surface area (Å²) in [5, 5.41) is 12.9. The van der Waals surface area contributed by atoms with Crippen LogP contribution in [0.4, 0.5) is 0 Å². The molecule has 0 saturated carbocycles. The molecule has 0 aromatic heterocycles. The number of nitrogens with one attached hydrogen (secondary N) is 1. The molecular weight excluding hydrogens is 364 g/mol. The molecule has 1 heterocycles. The van der Waals surface area contributed by atoms with E-state index in [9.17, 15) is 14.7 Å². The number of Topliss-reactive ketones (excluding diaryl/α,β-unsaturated/α-hetero) is 1. The van der Waals surface area contributed by atoms with Crippen molar-refractivity contribution in [3.05, 3.63) is 84.4 Å². The minimum Gasteiger partial charge on any atom is -0.507 e. The van der Waals surface area contributed by atoms with Gasteiger partial charge in [-0.3, -0.25) is 14.6 Å². The maximum Gasteiger partial charge on any atom is 0.251 e. The standard InChI is InChI=1S/C24H28N2O3/c1-5-6-11-21(27)18(3)23(29)26-24(4)14-7-9-19(16-24)13-12-17(2)22(28)20-10-8-15-25-20/h5-9,11,15-16,27H,1-2,10,12-14H2,3-4H3,(H,26,29)/b11-6-,21-18-. The van der Waals surface area contributed by atoms with Crippen LogP contribution in [0.3, 0.4) is 0 Å². The molecular formula is C24H28N2O3. The minimum atomic E-state index is -0.574. The number of carbonyl (C=O) groups excluding carboxylic acids is 2. The summed E-state index contributed by atoms with van der Waals surface area (Å²) >= 11 is 0. The number of ketones is 1. The topological polar surface area (TPSA) is 78.8 Å². The van der Waals surface area contributed by atoms with Crippen molar-refractivity contribution in [1.29, 1.82) is 0 Å². The van der Waals surface area contributed by atoms with Crippen LogP contribution in [0, 0.1) is 0 Å². The molecule has 2 N–H and O–H groups in total. The van der Waals surface area contributed by atoms with E-state index in [1.54, 1.807) is 19.2 Å². The molecule has 152 valence electrons. The fourth-order valence-corrected chi connectivity index (χ4v) is 3.09. The van der Waals surface area contributed by atoms with Crippen molar-refractivity contribution < 1.29 is 14.7 Å². The van der Waals surface area contributed by atoms with Gasteiger partial charge in [-0.05, 0) is 50.3 Å². The maximum atomic E-state index is 12.5. The molecule has 0 bridgehead atoms. The highest BCUT2D eigenvalue weighted by Gasteiger charge is 2.26. The van der Waals surface area contributed by atoms with E-state index in [4.69, 9.17) is 0 Å². The van der Waals surface area contributed by atoms with Crippen molar-refractivity contribution in [1.82, 2.24) is 5.32 Å². The van der Waals surface area contributed by atoms with Gasteiger partial charge in [0, 0.05) is 12.6 Å². The monoisotopic (exact) mass is 392 g/mol. The smallest absolute Gasteiger partial charge is 0.251 e. The molecule has 0 spiro atoms. The lowest BCUT2D eigenvalue weighted by atomic mass is 9.87. The summed E-state index contributed by atoms with van der Waals surface area (Å²) in [5.74, 6) is -0.521. The van der Waals surface area contributed by atoms with Gasteiger partial charge in [-0.2, -0.15) is 0 Å². The SMILES string of the molecule is C=C/C=C\C(O)=C(/C)C(=O)NC1(C)C=C(CCC(=C)C(=O)C2=NC=CC2)C=CC1. The number of aliphatic hydroxyl groups excluding tert-OH is 1. The van der Waals surface area contributed by atoms with Crippen molar-refractivity contribution in [2.24, 2.45) is 4.99 Å². The van der Waals surface area contributed by atoms with Gasteiger partial charge in [0.15, 0.2) is 0 Å². The molecule has 1 aliphatic carbocycles. The van der Waals surface area contributed by atoms with E-state index in [2.05, 4.69) is 23.5 Å². The predicted octanol–water partition coefficient (Wildman–Crippen LogP) is 4.59. The summed E-state index contributed by atoms with van der Waals surface area (Å²) in [6.07, 6.45) is 16.4. The zero-order valence-corrected chi connectivity index (χ0v) is 17.1. The Bertz CT molecular complexity index is 897. The number of hydrogen-bond donors (Lipinski definition) is 2. The molecule has 0 saturated heterocycles. The molecule has 5 heteroatoms. The molecule has 2 aliphatic rings. The number of carbonyl (C=O) groups is 2. The van der Waals surface area contributed by atoms with Gasteiger partial charge in [-0.25, -0.2) is 0 Å². The molecule has 0 aromatic carbocycles. The first-order chi connectivity index (χ1) is 13.8. The number of nitrogens with zero attached hydrogens (tertiary/aromatic N) is 1. The van der Waals surface area contributed by atoms with Gasteiger partial charge in [0.25, 0.3) is 5.91 Å². The summed E-state index contributed by atoms with van der Waals surface area (Å²) in [6, 6.07) is 0. The van der Waals surface area contributed by atoms with Crippen LogP contribution in [0.15, 0.2) is 89.4 Å². The van der Waals surface area contributed by atoms with E-state index in [0.717, 1.165) is 5.57 Å². The average molecular weight is 392 g/mol. The highest BCUT2D eigenvalue weighted by molar-refractivity contribution is 6.46. The third-order valence-electron chi connectivity index (χ3n) is 4.84. The zero-order chi connectivity index (χ0) is 21.4. The van der Waals surface area contributed by atoms with Gasteiger partial charge >= 0.3 is 0 Å². The Morgan fingerprint density at radius 1 is 1.38 bits per heavy atom. The summed E-state index contributed by atoms with van der Waals surface area (Å²) in [5.41, 5.74) is 1.76. The van der Waals surface area contributed by atoms with Crippen molar-refractivity contribution in [2.45, 2.75) is 45.1 Å². The molecule has 2 rings (SSSR count). The average Bonchev–Trinajstić information content (AvgIpc) is 3.23. The van der Waals surface area contributed by atoms with Gasteiger partial charge in [0.05, 0.1) is 16.8 Å². The number of rotatable bonds is 9. The number of amides is 1. The molecule has 5 nitrogen and oxygen atoms in total. The van der Waals surface area contributed by atoms with Crippen LogP contribution >= 0.6 is 0 Å². The minimum absolute atomic E-state index is 0.0877. The number of aliphatic hydroxyl groups is 1. The van der Waals surface area contributed by atoms with E-state index in [-0.39, 0.29) is 23.0 Å². The van der Waals surface area contributed by atoms with Crippen LogP contribution in [0.2, 0.25) is 0 Å². The largest absolute Gasteiger partial charge is 0.507 e. The van der Waals surface area contributed by atoms with Gasteiger partial charge in [-0.1, -0.05) is 49.6 Å². The van der Waals surface area contributed by atoms with Crippen LogP contribution in [-0.2, 0) is 9.59 Å². The highest BCUT2D eigenvalue weighted by atomic mass is 16.3. The Kier molecular flexibility index (Phi) is 7.48. The first kappa shape index (κ1) is 22.1. The first-order valence-corrected chi connectivity index (χ1v) is 9.59. The number of aliphatic imine (C=N–C) groups is 1. The lowest BCUT2D eigenvalue weighted by molar-refractivity contribution is -0.118. The van der Waals surface area contributed by atoms with Gasteiger partial charge < -0.3 is 10.4 Å². The Hall–Kier alpha value is -3.21. The predicted molar refractivity (Wildman–Crippen MR) is 118 cm³/mol. The second-order valence-electron chi connectivity index (χ2n) is 7.40. The third-order valence-corrected chi connectivity index (χ3v) is 4.84. The van der Waals surface area contributed by atoms with E-state index >= 15 is 0 Å². The quantitative estimate of drug-likeness (QED) is 0.342. The molecule has 1 atom stereocenters. The molecule has 29 heavy (non-hydrogen) atoms. The fraction of sp³-hybridized carbons (Fsp3) is 0.292. The van der Waals surface area contributed by atoms with Gasteiger partial charge in [0.1, 0.15) is 5.76 Å². The van der Waals surface area contributed by atoms with E-state index in [0.29, 0.717) is 37.0 Å². The van der Waals surface area contributed by atoms with E-state index in [1.807, 2.05) is 31.2 Å². The van der Waals surface area contributed by atoms with Gasteiger partial charge in [0.2, 0.25) is 5.78 Å². The molecule has 0 fully saturated rings. The first-order valence-electron chi connectivity index (χ1n) is 9.59. The van der Waals surface area contributed by atoms with Gasteiger partial charge in [-0.15, -0.1) is 0 Å². The van der Waals surface area contributed by atoms with E-state index < -0.39 is 5.54 Å². The van der Waals surface area contributed by atoms with Crippen molar-refractivity contribution in [3.63, 3.8) is 0 Å². The van der Waals surface area contributed by atoms with Crippen molar-refractivity contribution >= 4 is 17.4 Å². The molecule has 1 aliphatic heterocycles. The molecule has 0 aromatic rings. The van der Waals surface area contributed by atoms with Crippen molar-refractivity contribution in [2.75, 3.05) is 0 Å². The molecule has 1 unspecified atom stereocenters. The number of allylic oxidation sites excluding steroid dienone is 7. The maximum absolute atomic E-state index is 12.5. The normalized spacial score (nSPS) is 21.4. The Labute approximate surface area is 172 Å². The molecule has 0 radical (unpaired) electrons.